The molecule has 0 bridgehead atoms. The number of likely N-dealkylation sites (tertiary alicyclic amines) is 1. The highest BCUT2D eigenvalue weighted by atomic mass is 32.2. The molecule has 2 aliphatic rings. The molecule has 1 aromatic heterocycles. The first-order chi connectivity index (χ1) is 10.3. The summed E-state index contributed by atoms with van der Waals surface area (Å²) in [4.78, 5) is 14.3. The lowest BCUT2D eigenvalue weighted by Crippen LogP contribution is -2.48. The maximum atomic E-state index is 12.5. The Morgan fingerprint density at radius 1 is 1.41 bits per heavy atom. The van der Waals surface area contributed by atoms with Crippen LogP contribution >= 0.6 is 0 Å². The Morgan fingerprint density at radius 2 is 2.14 bits per heavy atom. The zero-order valence-corrected chi connectivity index (χ0v) is 13.7. The molecule has 1 N–H and O–H groups in total. The van der Waals surface area contributed by atoms with Gasteiger partial charge in [0.25, 0.3) is 0 Å². The predicted octanol–water partition coefficient (Wildman–Crippen LogP) is -0.109. The van der Waals surface area contributed by atoms with Gasteiger partial charge in [-0.15, -0.1) is 0 Å². The smallest absolute Gasteiger partial charge is 0.225 e. The molecular weight excluding hydrogens is 304 g/mol. The van der Waals surface area contributed by atoms with Gasteiger partial charge in [0.05, 0.1) is 18.5 Å². The molecule has 1 aliphatic carbocycles. The van der Waals surface area contributed by atoms with Crippen LogP contribution < -0.4 is 4.72 Å². The summed E-state index contributed by atoms with van der Waals surface area (Å²) in [7, 11) is -1.45. The standard InChI is InChI=1S/C14H22N4O3S/c1-17-9-10(8-15-17)7-13-12(16-22(2,20)21)5-6-18(13)14(19)11-3-4-11/h8-9,11-13,16H,3-7H2,1-2H3/t12-,13+/m0/s1. The molecule has 22 heavy (non-hydrogen) atoms. The first kappa shape index (κ1) is 15.5. The summed E-state index contributed by atoms with van der Waals surface area (Å²) < 4.78 is 27.6. The first-order valence-electron chi connectivity index (χ1n) is 7.59. The van der Waals surface area contributed by atoms with E-state index in [1.165, 1.54) is 6.26 Å². The number of carbonyl (C=O) groups is 1. The van der Waals surface area contributed by atoms with Gasteiger partial charge in [-0.25, -0.2) is 13.1 Å². The molecule has 2 heterocycles. The second-order valence-corrected chi connectivity index (χ2v) is 8.16. The van der Waals surface area contributed by atoms with Crippen molar-refractivity contribution >= 4 is 15.9 Å². The van der Waals surface area contributed by atoms with E-state index in [1.807, 2.05) is 18.1 Å². The molecule has 122 valence electrons. The fourth-order valence-corrected chi connectivity index (χ4v) is 4.00. The molecule has 1 aliphatic heterocycles. The molecular formula is C14H22N4O3S. The number of hydrogen-bond donors (Lipinski definition) is 1. The topological polar surface area (TPSA) is 84.3 Å². The average molecular weight is 326 g/mol. The van der Waals surface area contributed by atoms with Crippen molar-refractivity contribution < 1.29 is 13.2 Å². The SMILES string of the molecule is Cn1cc(C[C@@H]2[C@@H](NS(C)(=O)=O)CCN2C(=O)C2CC2)cn1. The van der Waals surface area contributed by atoms with Gasteiger partial charge in [0.2, 0.25) is 15.9 Å². The Morgan fingerprint density at radius 3 is 2.68 bits per heavy atom. The summed E-state index contributed by atoms with van der Waals surface area (Å²) >= 11 is 0. The highest BCUT2D eigenvalue weighted by molar-refractivity contribution is 7.88. The Balaban J connectivity index is 1.79. The summed E-state index contributed by atoms with van der Waals surface area (Å²) in [5, 5.41) is 4.15. The minimum absolute atomic E-state index is 0.132. The summed E-state index contributed by atoms with van der Waals surface area (Å²) in [5.41, 5.74) is 1.02. The zero-order valence-electron chi connectivity index (χ0n) is 12.9. The Bertz CT molecular complexity index is 665. The Kier molecular flexibility index (Phi) is 3.98. The van der Waals surface area contributed by atoms with Crippen molar-refractivity contribution in [2.75, 3.05) is 12.8 Å². The van der Waals surface area contributed by atoms with E-state index in [1.54, 1.807) is 10.9 Å². The van der Waals surface area contributed by atoms with Crippen molar-refractivity contribution in [1.29, 1.82) is 0 Å². The molecule has 3 rings (SSSR count). The van der Waals surface area contributed by atoms with E-state index in [9.17, 15) is 13.2 Å². The van der Waals surface area contributed by atoms with Crippen LogP contribution in [-0.4, -0.2) is 53.9 Å². The molecule has 1 saturated carbocycles. The van der Waals surface area contributed by atoms with Crippen LogP contribution in [0.25, 0.3) is 0 Å². The third-order valence-electron chi connectivity index (χ3n) is 4.32. The molecule has 0 unspecified atom stereocenters. The summed E-state index contributed by atoms with van der Waals surface area (Å²) in [6.45, 7) is 0.619. The van der Waals surface area contributed by atoms with E-state index >= 15 is 0 Å². The first-order valence-corrected chi connectivity index (χ1v) is 9.48. The lowest BCUT2D eigenvalue weighted by Gasteiger charge is -2.28. The number of nitrogens with zero attached hydrogens (tertiary/aromatic N) is 3. The van der Waals surface area contributed by atoms with E-state index in [0.717, 1.165) is 18.4 Å². The van der Waals surface area contributed by atoms with Crippen molar-refractivity contribution in [2.24, 2.45) is 13.0 Å². The van der Waals surface area contributed by atoms with Crippen LogP contribution in [0.4, 0.5) is 0 Å². The average Bonchev–Trinajstić information content (AvgIpc) is 3.09. The number of amides is 1. The van der Waals surface area contributed by atoms with Crippen molar-refractivity contribution in [3.8, 4) is 0 Å². The third-order valence-corrected chi connectivity index (χ3v) is 5.06. The molecule has 2 atom stereocenters. The maximum Gasteiger partial charge on any atom is 0.225 e. The van der Waals surface area contributed by atoms with E-state index < -0.39 is 10.0 Å². The highest BCUT2D eigenvalue weighted by Gasteiger charge is 2.43. The van der Waals surface area contributed by atoms with Crippen LogP contribution in [0.1, 0.15) is 24.8 Å². The quantitative estimate of drug-likeness (QED) is 0.818. The maximum absolute atomic E-state index is 12.5. The summed E-state index contributed by atoms with van der Waals surface area (Å²) in [5.74, 6) is 0.320. The van der Waals surface area contributed by atoms with Gasteiger partial charge in [-0.3, -0.25) is 9.48 Å². The van der Waals surface area contributed by atoms with E-state index in [2.05, 4.69) is 9.82 Å². The molecule has 8 heteroatoms. The van der Waals surface area contributed by atoms with Gasteiger partial charge < -0.3 is 4.90 Å². The number of aromatic nitrogens is 2. The molecule has 0 spiro atoms. The van der Waals surface area contributed by atoms with Crippen LogP contribution in [0, 0.1) is 5.92 Å². The van der Waals surface area contributed by atoms with Gasteiger partial charge in [-0.1, -0.05) is 0 Å². The van der Waals surface area contributed by atoms with Gasteiger partial charge in [-0.2, -0.15) is 5.10 Å². The minimum atomic E-state index is -3.29. The van der Waals surface area contributed by atoms with Crippen LogP contribution in [0.5, 0.6) is 0 Å². The second-order valence-electron chi connectivity index (χ2n) is 6.38. The number of sulfonamides is 1. The van der Waals surface area contributed by atoms with Crippen LogP contribution in [0.3, 0.4) is 0 Å². The number of nitrogens with one attached hydrogen (secondary N) is 1. The number of aryl methyl sites for hydroxylation is 1. The van der Waals surface area contributed by atoms with Crippen molar-refractivity contribution in [2.45, 2.75) is 37.8 Å². The summed E-state index contributed by atoms with van der Waals surface area (Å²) in [6.07, 6.45) is 8.05. The third kappa shape index (κ3) is 3.49. The predicted molar refractivity (Wildman–Crippen MR) is 81.5 cm³/mol. The largest absolute Gasteiger partial charge is 0.337 e. The normalized spacial score (nSPS) is 25.6. The van der Waals surface area contributed by atoms with Crippen LogP contribution in [-0.2, 0) is 28.3 Å². The van der Waals surface area contributed by atoms with Gasteiger partial charge in [0, 0.05) is 31.7 Å². The van der Waals surface area contributed by atoms with Gasteiger partial charge in [0.15, 0.2) is 0 Å². The van der Waals surface area contributed by atoms with E-state index in [0.29, 0.717) is 19.4 Å². The Hall–Kier alpha value is -1.41. The van der Waals surface area contributed by atoms with Crippen molar-refractivity contribution in [1.82, 2.24) is 19.4 Å². The lowest BCUT2D eigenvalue weighted by atomic mass is 10.0. The number of hydrogen-bond acceptors (Lipinski definition) is 4. The Labute approximate surface area is 130 Å². The minimum Gasteiger partial charge on any atom is -0.337 e. The van der Waals surface area contributed by atoms with Gasteiger partial charge >= 0.3 is 0 Å². The van der Waals surface area contributed by atoms with Crippen LogP contribution in [0.2, 0.25) is 0 Å². The highest BCUT2D eigenvalue weighted by Crippen LogP contribution is 2.34. The molecule has 0 aromatic carbocycles. The molecule has 7 nitrogen and oxygen atoms in total. The summed E-state index contributed by atoms with van der Waals surface area (Å²) in [6, 6.07) is -0.357. The van der Waals surface area contributed by atoms with Gasteiger partial charge in [0.1, 0.15) is 0 Å². The monoisotopic (exact) mass is 326 g/mol. The van der Waals surface area contributed by atoms with Crippen molar-refractivity contribution in [3.63, 3.8) is 0 Å². The van der Waals surface area contributed by atoms with E-state index in [-0.39, 0.29) is 23.9 Å². The molecule has 0 radical (unpaired) electrons. The number of rotatable bonds is 5. The van der Waals surface area contributed by atoms with E-state index in [4.69, 9.17) is 0 Å². The molecule has 2 fully saturated rings. The zero-order chi connectivity index (χ0) is 15.9. The molecule has 1 amide bonds. The van der Waals surface area contributed by atoms with Gasteiger partial charge in [-0.05, 0) is 31.2 Å². The van der Waals surface area contributed by atoms with Crippen molar-refractivity contribution in [3.05, 3.63) is 18.0 Å². The number of carbonyl (C=O) groups excluding carboxylic acids is 1. The fraction of sp³-hybridized carbons (Fsp3) is 0.714. The van der Waals surface area contributed by atoms with Crippen LogP contribution in [0.15, 0.2) is 12.4 Å². The molecule has 1 saturated heterocycles. The molecule has 1 aromatic rings. The lowest BCUT2D eigenvalue weighted by molar-refractivity contribution is -0.133. The second kappa shape index (κ2) is 5.66. The fourth-order valence-electron chi connectivity index (χ4n) is 3.18.